The molecule has 2 nitrogen and oxygen atoms in total. The molecule has 0 unspecified atom stereocenters. The number of aliphatic hydroxyl groups excluding tert-OH is 1. The molecule has 1 aliphatic rings. The van der Waals surface area contributed by atoms with Gasteiger partial charge < -0.3 is 5.11 Å². The number of piperidine rings is 1. The molecule has 0 aliphatic carbocycles. The fourth-order valence-corrected chi connectivity index (χ4v) is 2.97. The van der Waals surface area contributed by atoms with Gasteiger partial charge in [-0.05, 0) is 24.4 Å². The van der Waals surface area contributed by atoms with Crippen molar-refractivity contribution >= 4 is 15.9 Å². The van der Waals surface area contributed by atoms with Gasteiger partial charge in [0.15, 0.2) is 0 Å². The average molecular weight is 284 g/mol. The second-order valence-electron chi connectivity index (χ2n) is 4.49. The van der Waals surface area contributed by atoms with E-state index in [1.807, 2.05) is 6.07 Å². The largest absolute Gasteiger partial charge is 0.391 e. The Morgan fingerprint density at radius 1 is 1.31 bits per heavy atom. The van der Waals surface area contributed by atoms with Gasteiger partial charge in [0.1, 0.15) is 0 Å². The first-order chi connectivity index (χ1) is 7.79. The van der Waals surface area contributed by atoms with Crippen molar-refractivity contribution in [2.75, 3.05) is 18.4 Å². The van der Waals surface area contributed by atoms with Gasteiger partial charge in [-0.25, -0.2) is 0 Å². The van der Waals surface area contributed by atoms with Gasteiger partial charge in [-0.2, -0.15) is 0 Å². The van der Waals surface area contributed by atoms with E-state index in [-0.39, 0.29) is 6.10 Å². The number of benzene rings is 1. The maximum Gasteiger partial charge on any atom is 0.0703 e. The van der Waals surface area contributed by atoms with Crippen LogP contribution in [0.25, 0.3) is 0 Å². The van der Waals surface area contributed by atoms with Gasteiger partial charge in [0.25, 0.3) is 0 Å². The average Bonchev–Trinajstić information content (AvgIpc) is 2.31. The van der Waals surface area contributed by atoms with E-state index in [2.05, 4.69) is 45.1 Å². The molecule has 0 amide bonds. The summed E-state index contributed by atoms with van der Waals surface area (Å²) in [6.45, 7) is 2.83. The molecule has 2 atom stereocenters. The van der Waals surface area contributed by atoms with Crippen molar-refractivity contribution in [3.63, 3.8) is 0 Å². The summed E-state index contributed by atoms with van der Waals surface area (Å²) in [6.07, 6.45) is 0.899. The molecule has 1 N–H and O–H groups in total. The lowest BCUT2D eigenvalue weighted by Crippen LogP contribution is -2.43. The molecular formula is C13H18BrNO. The molecule has 0 radical (unpaired) electrons. The molecule has 0 saturated carbocycles. The molecule has 16 heavy (non-hydrogen) atoms. The minimum absolute atomic E-state index is 0.183. The van der Waals surface area contributed by atoms with E-state index in [1.165, 1.54) is 5.56 Å². The van der Waals surface area contributed by atoms with Crippen molar-refractivity contribution in [2.45, 2.75) is 19.1 Å². The first-order valence-corrected chi connectivity index (χ1v) is 6.92. The Balaban J connectivity index is 1.89. The van der Waals surface area contributed by atoms with E-state index in [9.17, 15) is 5.11 Å². The van der Waals surface area contributed by atoms with Crippen molar-refractivity contribution in [3.8, 4) is 0 Å². The highest BCUT2D eigenvalue weighted by Crippen LogP contribution is 2.21. The maximum absolute atomic E-state index is 9.95. The summed E-state index contributed by atoms with van der Waals surface area (Å²) in [7, 11) is 0. The Hall–Kier alpha value is -0.380. The summed E-state index contributed by atoms with van der Waals surface area (Å²) in [5, 5.41) is 10.9. The van der Waals surface area contributed by atoms with Crippen LogP contribution in [0.5, 0.6) is 0 Å². The van der Waals surface area contributed by atoms with Gasteiger partial charge in [-0.1, -0.05) is 46.3 Å². The third-order valence-electron chi connectivity index (χ3n) is 3.25. The van der Waals surface area contributed by atoms with E-state index >= 15 is 0 Å². The minimum Gasteiger partial charge on any atom is -0.391 e. The van der Waals surface area contributed by atoms with Crippen molar-refractivity contribution in [3.05, 3.63) is 35.9 Å². The Labute approximate surface area is 105 Å². The molecule has 1 heterocycles. The van der Waals surface area contributed by atoms with Gasteiger partial charge in [0, 0.05) is 18.4 Å². The zero-order valence-electron chi connectivity index (χ0n) is 9.35. The second-order valence-corrected chi connectivity index (χ2v) is 5.14. The van der Waals surface area contributed by atoms with E-state index in [0.717, 1.165) is 31.4 Å². The number of β-amino-alcohol motifs (C(OH)–C–C–N with tert-alkyl or cyclic N) is 1. The van der Waals surface area contributed by atoms with Crippen LogP contribution < -0.4 is 0 Å². The number of aliphatic hydroxyl groups is 1. The summed E-state index contributed by atoms with van der Waals surface area (Å²) >= 11 is 3.46. The number of hydrogen-bond acceptors (Lipinski definition) is 2. The second kappa shape index (κ2) is 5.80. The SMILES string of the molecule is O[C@@H]1CN(Cc2ccccc2)CC[C@H]1CBr. The molecule has 1 fully saturated rings. The molecule has 2 rings (SSSR count). The monoisotopic (exact) mass is 283 g/mol. The van der Waals surface area contributed by atoms with Gasteiger partial charge in [-0.3, -0.25) is 4.90 Å². The summed E-state index contributed by atoms with van der Waals surface area (Å²) in [4.78, 5) is 2.33. The van der Waals surface area contributed by atoms with Gasteiger partial charge in [0.05, 0.1) is 6.10 Å². The zero-order valence-corrected chi connectivity index (χ0v) is 10.9. The van der Waals surface area contributed by atoms with Crippen molar-refractivity contribution in [2.24, 2.45) is 5.92 Å². The van der Waals surface area contributed by atoms with Crippen LogP contribution in [-0.2, 0) is 6.54 Å². The van der Waals surface area contributed by atoms with Gasteiger partial charge in [0.2, 0.25) is 0 Å². The lowest BCUT2D eigenvalue weighted by Gasteiger charge is -2.35. The highest BCUT2D eigenvalue weighted by molar-refractivity contribution is 9.09. The summed E-state index contributed by atoms with van der Waals surface area (Å²) in [6, 6.07) is 10.5. The predicted octanol–water partition coefficient (Wildman–Crippen LogP) is 2.26. The predicted molar refractivity (Wildman–Crippen MR) is 69.6 cm³/mol. The van der Waals surface area contributed by atoms with E-state index in [1.54, 1.807) is 0 Å². The lowest BCUT2D eigenvalue weighted by molar-refractivity contribution is 0.0282. The van der Waals surface area contributed by atoms with Crippen molar-refractivity contribution in [1.29, 1.82) is 0 Å². The van der Waals surface area contributed by atoms with E-state index in [4.69, 9.17) is 0 Å². The number of hydrogen-bond donors (Lipinski definition) is 1. The van der Waals surface area contributed by atoms with Gasteiger partial charge >= 0.3 is 0 Å². The minimum atomic E-state index is -0.183. The van der Waals surface area contributed by atoms with Crippen LogP contribution in [0.1, 0.15) is 12.0 Å². The fraction of sp³-hybridized carbons (Fsp3) is 0.538. The van der Waals surface area contributed by atoms with Crippen LogP contribution in [-0.4, -0.2) is 34.5 Å². The van der Waals surface area contributed by atoms with Crippen molar-refractivity contribution in [1.82, 2.24) is 4.90 Å². The van der Waals surface area contributed by atoms with Crippen LogP contribution in [0, 0.1) is 5.92 Å². The van der Waals surface area contributed by atoms with E-state index < -0.39 is 0 Å². The Morgan fingerprint density at radius 3 is 2.69 bits per heavy atom. The lowest BCUT2D eigenvalue weighted by atomic mass is 9.95. The van der Waals surface area contributed by atoms with Crippen LogP contribution in [0.2, 0.25) is 0 Å². The van der Waals surface area contributed by atoms with Crippen LogP contribution in [0.15, 0.2) is 30.3 Å². The number of rotatable bonds is 3. The van der Waals surface area contributed by atoms with Crippen molar-refractivity contribution < 1.29 is 5.11 Å². The topological polar surface area (TPSA) is 23.5 Å². The number of likely N-dealkylation sites (tertiary alicyclic amines) is 1. The molecule has 1 saturated heterocycles. The zero-order chi connectivity index (χ0) is 11.4. The third-order valence-corrected chi connectivity index (χ3v) is 4.08. The summed E-state index contributed by atoms with van der Waals surface area (Å²) < 4.78 is 0. The molecule has 0 bridgehead atoms. The quantitative estimate of drug-likeness (QED) is 0.861. The molecule has 1 aromatic carbocycles. The number of nitrogens with zero attached hydrogens (tertiary/aromatic N) is 1. The smallest absolute Gasteiger partial charge is 0.0703 e. The number of halogens is 1. The molecular weight excluding hydrogens is 266 g/mol. The van der Waals surface area contributed by atoms with Crippen LogP contribution in [0.4, 0.5) is 0 Å². The molecule has 1 aliphatic heterocycles. The highest BCUT2D eigenvalue weighted by atomic mass is 79.9. The Morgan fingerprint density at radius 2 is 2.06 bits per heavy atom. The molecule has 1 aromatic rings. The summed E-state index contributed by atoms with van der Waals surface area (Å²) in [5.41, 5.74) is 1.33. The molecule has 0 aromatic heterocycles. The maximum atomic E-state index is 9.95. The standard InChI is InChI=1S/C13H18BrNO/c14-8-12-6-7-15(10-13(12)16)9-11-4-2-1-3-5-11/h1-5,12-13,16H,6-10H2/t12-,13+/m0/s1. The molecule has 88 valence electrons. The first kappa shape index (κ1) is 12.1. The third kappa shape index (κ3) is 3.06. The number of alkyl halides is 1. The Bertz CT molecular complexity index is 317. The summed E-state index contributed by atoms with van der Waals surface area (Å²) in [5.74, 6) is 0.423. The highest BCUT2D eigenvalue weighted by Gasteiger charge is 2.26. The molecule has 3 heteroatoms. The van der Waals surface area contributed by atoms with Gasteiger partial charge in [-0.15, -0.1) is 0 Å². The van der Waals surface area contributed by atoms with Crippen LogP contribution in [0.3, 0.4) is 0 Å². The Kier molecular flexibility index (Phi) is 4.38. The first-order valence-electron chi connectivity index (χ1n) is 5.80. The molecule has 0 spiro atoms. The van der Waals surface area contributed by atoms with Crippen LogP contribution >= 0.6 is 15.9 Å². The fourth-order valence-electron chi connectivity index (χ4n) is 2.21. The normalized spacial score (nSPS) is 26.9. The van der Waals surface area contributed by atoms with E-state index in [0.29, 0.717) is 5.92 Å².